The van der Waals surface area contributed by atoms with Gasteiger partial charge < -0.3 is 20.8 Å². The second kappa shape index (κ2) is 7.49. The summed E-state index contributed by atoms with van der Waals surface area (Å²) in [6.45, 7) is 4.51. The van der Waals surface area contributed by atoms with Crippen LogP contribution < -0.4 is 21.9 Å². The Morgan fingerprint density at radius 3 is 2.79 bits per heavy atom. The molecule has 1 atom stereocenters. The highest BCUT2D eigenvalue weighted by Crippen LogP contribution is 2.17. The molecular formula is C11H20N6O2. The first-order chi connectivity index (χ1) is 9.10. The Hall–Kier alpha value is -1.93. The van der Waals surface area contributed by atoms with Crippen molar-refractivity contribution in [2.45, 2.75) is 19.9 Å². The van der Waals surface area contributed by atoms with Crippen LogP contribution >= 0.6 is 0 Å². The lowest BCUT2D eigenvalue weighted by Crippen LogP contribution is -2.39. The molecule has 1 rings (SSSR count). The first-order valence-electron chi connectivity index (χ1n) is 5.91. The first kappa shape index (κ1) is 15.1. The second-order valence-electron chi connectivity index (χ2n) is 3.99. The molecule has 0 bridgehead atoms. The Morgan fingerprint density at radius 1 is 1.47 bits per heavy atom. The molecular weight excluding hydrogens is 248 g/mol. The van der Waals surface area contributed by atoms with Crippen molar-refractivity contribution < 1.29 is 9.53 Å². The Balaban J connectivity index is 2.61. The second-order valence-corrected chi connectivity index (χ2v) is 3.99. The van der Waals surface area contributed by atoms with Gasteiger partial charge in [-0.25, -0.2) is 15.8 Å². The maximum Gasteiger partial charge on any atom is 0.242 e. The van der Waals surface area contributed by atoms with Gasteiger partial charge in [0.25, 0.3) is 0 Å². The van der Waals surface area contributed by atoms with Gasteiger partial charge in [0.1, 0.15) is 24.0 Å². The van der Waals surface area contributed by atoms with Gasteiger partial charge in [-0.1, -0.05) is 0 Å². The molecule has 0 aliphatic heterocycles. The van der Waals surface area contributed by atoms with Crippen LogP contribution in [0.15, 0.2) is 6.33 Å². The minimum atomic E-state index is -0.420. The lowest BCUT2D eigenvalue weighted by molar-refractivity contribution is -0.121. The van der Waals surface area contributed by atoms with E-state index in [9.17, 15) is 4.79 Å². The van der Waals surface area contributed by atoms with E-state index < -0.39 is 6.04 Å². The van der Waals surface area contributed by atoms with Crippen molar-refractivity contribution in [3.8, 4) is 0 Å². The predicted octanol–water partition coefficient (Wildman–Crippen LogP) is -0.366. The Labute approximate surface area is 112 Å². The number of hydrogen-bond donors (Lipinski definition) is 4. The Morgan fingerprint density at radius 2 is 2.16 bits per heavy atom. The van der Waals surface area contributed by atoms with Gasteiger partial charge in [0.15, 0.2) is 0 Å². The number of anilines is 2. The number of nitrogen functional groups attached to an aromatic ring is 1. The van der Waals surface area contributed by atoms with Crippen LogP contribution in [0.3, 0.4) is 0 Å². The highest BCUT2D eigenvalue weighted by Gasteiger charge is 2.14. The number of ether oxygens (including phenoxy) is 1. The summed E-state index contributed by atoms with van der Waals surface area (Å²) in [5.74, 6) is 6.29. The van der Waals surface area contributed by atoms with Gasteiger partial charge in [-0.15, -0.1) is 0 Å². The van der Waals surface area contributed by atoms with Gasteiger partial charge in [-0.2, -0.15) is 0 Å². The molecule has 0 saturated carbocycles. The summed E-state index contributed by atoms with van der Waals surface area (Å²) in [5.41, 5.74) is 3.22. The number of nitrogens with zero attached hydrogens (tertiary/aromatic N) is 2. The topological polar surface area (TPSA) is 114 Å². The number of methoxy groups -OCH3 is 1. The third-order valence-electron chi connectivity index (χ3n) is 2.57. The molecule has 0 aliphatic rings. The molecule has 1 amide bonds. The van der Waals surface area contributed by atoms with E-state index >= 15 is 0 Å². The summed E-state index contributed by atoms with van der Waals surface area (Å²) >= 11 is 0. The third kappa shape index (κ3) is 4.34. The summed E-state index contributed by atoms with van der Waals surface area (Å²) in [7, 11) is 1.58. The third-order valence-corrected chi connectivity index (χ3v) is 2.57. The van der Waals surface area contributed by atoms with E-state index in [0.717, 1.165) is 5.56 Å². The first-order valence-corrected chi connectivity index (χ1v) is 5.91. The van der Waals surface area contributed by atoms with E-state index in [4.69, 9.17) is 10.6 Å². The summed E-state index contributed by atoms with van der Waals surface area (Å²) in [4.78, 5) is 19.8. The molecule has 0 aromatic carbocycles. The summed E-state index contributed by atoms with van der Waals surface area (Å²) in [6.07, 6.45) is 1.38. The average molecular weight is 268 g/mol. The minimum Gasteiger partial charge on any atom is -0.383 e. The lowest BCUT2D eigenvalue weighted by Gasteiger charge is -2.16. The van der Waals surface area contributed by atoms with Crippen LogP contribution in [0.1, 0.15) is 12.5 Å². The van der Waals surface area contributed by atoms with E-state index in [0.29, 0.717) is 24.8 Å². The van der Waals surface area contributed by atoms with Gasteiger partial charge in [0.05, 0.1) is 6.61 Å². The number of rotatable bonds is 7. The maximum atomic E-state index is 11.8. The molecule has 1 unspecified atom stereocenters. The highest BCUT2D eigenvalue weighted by atomic mass is 16.5. The number of carbonyl (C=O) groups excluding carboxylic acids is 1. The molecule has 0 spiro atoms. The fourth-order valence-corrected chi connectivity index (χ4v) is 1.44. The zero-order chi connectivity index (χ0) is 14.3. The van der Waals surface area contributed by atoms with E-state index in [2.05, 4.69) is 26.0 Å². The van der Waals surface area contributed by atoms with Crippen LogP contribution in [0.5, 0.6) is 0 Å². The standard InChI is InChI=1S/C11H20N6O2/c1-7-9(14-6-15-10(7)17-12)16-8(2)11(18)13-4-5-19-3/h6,8H,4-5,12H2,1-3H3,(H,13,18)(H2,14,15,16,17). The highest BCUT2D eigenvalue weighted by molar-refractivity contribution is 5.84. The summed E-state index contributed by atoms with van der Waals surface area (Å²) in [5, 5.41) is 5.75. The van der Waals surface area contributed by atoms with Crippen molar-refractivity contribution in [2.24, 2.45) is 5.84 Å². The molecule has 0 radical (unpaired) electrons. The van der Waals surface area contributed by atoms with Crippen molar-refractivity contribution in [3.63, 3.8) is 0 Å². The van der Waals surface area contributed by atoms with Gasteiger partial charge in [0, 0.05) is 19.2 Å². The molecule has 1 heterocycles. The molecule has 8 nitrogen and oxygen atoms in total. The molecule has 0 aliphatic carbocycles. The number of amides is 1. The van der Waals surface area contributed by atoms with Gasteiger partial charge in [0.2, 0.25) is 5.91 Å². The van der Waals surface area contributed by atoms with Crippen LogP contribution in [0, 0.1) is 6.92 Å². The summed E-state index contributed by atoms with van der Waals surface area (Å²) < 4.78 is 4.86. The van der Waals surface area contributed by atoms with Crippen LogP contribution in [-0.4, -0.2) is 42.2 Å². The molecule has 0 saturated heterocycles. The fraction of sp³-hybridized carbons (Fsp3) is 0.545. The van der Waals surface area contributed by atoms with Crippen molar-refractivity contribution in [1.29, 1.82) is 0 Å². The molecule has 106 valence electrons. The molecule has 1 aromatic rings. The largest absolute Gasteiger partial charge is 0.383 e. The van der Waals surface area contributed by atoms with E-state index in [1.54, 1.807) is 14.0 Å². The van der Waals surface area contributed by atoms with Crippen molar-refractivity contribution >= 4 is 17.5 Å². The quantitative estimate of drug-likeness (QED) is 0.303. The number of aromatic nitrogens is 2. The number of hydrazine groups is 1. The lowest BCUT2D eigenvalue weighted by atomic mass is 10.2. The van der Waals surface area contributed by atoms with Crippen LogP contribution in [0.25, 0.3) is 0 Å². The van der Waals surface area contributed by atoms with Gasteiger partial charge in [-0.05, 0) is 13.8 Å². The molecule has 1 aromatic heterocycles. The number of nitrogens with two attached hydrogens (primary N) is 1. The smallest absolute Gasteiger partial charge is 0.242 e. The fourth-order valence-electron chi connectivity index (χ4n) is 1.44. The van der Waals surface area contributed by atoms with Crippen molar-refractivity contribution in [2.75, 3.05) is 31.0 Å². The Bertz CT molecular complexity index is 426. The van der Waals surface area contributed by atoms with E-state index in [1.165, 1.54) is 6.33 Å². The van der Waals surface area contributed by atoms with Crippen LogP contribution in [0.4, 0.5) is 11.6 Å². The normalized spacial score (nSPS) is 11.8. The van der Waals surface area contributed by atoms with Crippen LogP contribution in [-0.2, 0) is 9.53 Å². The van der Waals surface area contributed by atoms with Crippen molar-refractivity contribution in [1.82, 2.24) is 15.3 Å². The molecule has 19 heavy (non-hydrogen) atoms. The molecule has 5 N–H and O–H groups in total. The Kier molecular flexibility index (Phi) is 5.97. The molecule has 0 fully saturated rings. The zero-order valence-electron chi connectivity index (χ0n) is 11.4. The van der Waals surface area contributed by atoms with E-state index in [-0.39, 0.29) is 5.91 Å². The number of nitrogens with one attached hydrogen (secondary N) is 3. The summed E-state index contributed by atoms with van der Waals surface area (Å²) in [6, 6.07) is -0.420. The number of carbonyl (C=O) groups is 1. The van der Waals surface area contributed by atoms with Crippen molar-refractivity contribution in [3.05, 3.63) is 11.9 Å². The maximum absolute atomic E-state index is 11.8. The van der Waals surface area contributed by atoms with Gasteiger partial charge >= 0.3 is 0 Å². The minimum absolute atomic E-state index is 0.127. The SMILES string of the molecule is COCCNC(=O)C(C)Nc1ncnc(NN)c1C. The monoisotopic (exact) mass is 268 g/mol. The zero-order valence-corrected chi connectivity index (χ0v) is 11.4. The number of hydrogen-bond acceptors (Lipinski definition) is 7. The van der Waals surface area contributed by atoms with Gasteiger partial charge in [-0.3, -0.25) is 4.79 Å². The predicted molar refractivity (Wildman–Crippen MR) is 72.5 cm³/mol. The van der Waals surface area contributed by atoms with Crippen LogP contribution in [0.2, 0.25) is 0 Å². The van der Waals surface area contributed by atoms with E-state index in [1.807, 2.05) is 6.92 Å². The average Bonchev–Trinajstić information content (AvgIpc) is 2.41. The molecule has 8 heteroatoms.